The molecule has 0 spiro atoms. The van der Waals surface area contributed by atoms with Crippen molar-refractivity contribution in [1.82, 2.24) is 9.97 Å². The number of rotatable bonds is 7. The first-order valence-corrected chi connectivity index (χ1v) is 10.2. The molecule has 3 rings (SSSR count). The van der Waals surface area contributed by atoms with Crippen LogP contribution in [0.25, 0.3) is 21.3 Å². The average Bonchev–Trinajstić information content (AvgIpc) is 3.06. The molecule has 162 valence electrons. The van der Waals surface area contributed by atoms with E-state index >= 15 is 0 Å². The van der Waals surface area contributed by atoms with Crippen molar-refractivity contribution in [3.63, 3.8) is 0 Å². The van der Waals surface area contributed by atoms with Gasteiger partial charge in [-0.3, -0.25) is 14.9 Å². The van der Waals surface area contributed by atoms with Gasteiger partial charge >= 0.3 is 5.97 Å². The highest BCUT2D eigenvalue weighted by atomic mass is 35.5. The number of nitrogens with one attached hydrogen (secondary N) is 1. The molecule has 0 aliphatic rings. The number of carbonyl (C=O) groups excluding carboxylic acids is 1. The minimum atomic E-state index is -0.563. The Morgan fingerprint density at radius 2 is 2.10 bits per heavy atom. The third kappa shape index (κ3) is 4.82. The van der Waals surface area contributed by atoms with E-state index in [9.17, 15) is 19.7 Å². The van der Waals surface area contributed by atoms with Crippen LogP contribution < -0.4 is 5.56 Å². The number of ether oxygens (including phenoxy) is 2. The van der Waals surface area contributed by atoms with Crippen LogP contribution in [0.4, 0.5) is 5.69 Å². The minimum Gasteiger partial charge on any atom is -0.459 e. The Hall–Kier alpha value is -3.08. The highest BCUT2D eigenvalue weighted by Crippen LogP contribution is 2.30. The second kappa shape index (κ2) is 9.38. The second-order valence-electron chi connectivity index (χ2n) is 6.57. The topological polar surface area (TPSA) is 124 Å². The Labute approximate surface area is 185 Å². The van der Waals surface area contributed by atoms with Crippen LogP contribution in [0.2, 0.25) is 0 Å². The first kappa shape index (κ1) is 22.6. The lowest BCUT2D eigenvalue weighted by Crippen LogP contribution is -2.11. The average molecular weight is 464 g/mol. The van der Waals surface area contributed by atoms with Gasteiger partial charge in [0.2, 0.25) is 0 Å². The number of fused-ring (bicyclic) bond motifs is 1. The number of nitro groups is 1. The second-order valence-corrected chi connectivity index (χ2v) is 7.98. The molecule has 9 nitrogen and oxygen atoms in total. The normalized spacial score (nSPS) is 11.7. The Balaban J connectivity index is 1.99. The molecule has 0 aliphatic carbocycles. The van der Waals surface area contributed by atoms with Gasteiger partial charge in [-0.2, -0.15) is 0 Å². The molecule has 1 N–H and O–H groups in total. The maximum atomic E-state index is 12.6. The molecule has 31 heavy (non-hydrogen) atoms. The Kier molecular flexibility index (Phi) is 6.84. The molecule has 0 fully saturated rings. The van der Waals surface area contributed by atoms with Crippen LogP contribution in [0.1, 0.15) is 32.2 Å². The van der Waals surface area contributed by atoms with E-state index < -0.39 is 16.5 Å². The fraction of sp³-hybridized carbons (Fsp3) is 0.250. The standard InChI is InChI=1S/C20H18ClN3O6S/c1-10-4-5-12(9-14(10)24(27)28)8-13(21)17-22-18(25)15-11(2)16(31-19(15)23-17)20(26)30-7-6-29-3/h4-5,8-9H,6-7H2,1-3H3,(H,22,23,25)/b13-8-. The number of hydrogen-bond donors (Lipinski definition) is 1. The van der Waals surface area contributed by atoms with E-state index in [0.29, 0.717) is 21.5 Å². The van der Waals surface area contributed by atoms with Gasteiger partial charge in [0, 0.05) is 18.7 Å². The van der Waals surface area contributed by atoms with Crippen LogP contribution in [0.3, 0.4) is 0 Å². The zero-order valence-electron chi connectivity index (χ0n) is 16.9. The predicted octanol–water partition coefficient (Wildman–Crippen LogP) is 4.05. The van der Waals surface area contributed by atoms with Gasteiger partial charge in [0.05, 0.1) is 21.9 Å². The lowest BCUT2D eigenvalue weighted by Gasteiger charge is -2.02. The lowest BCUT2D eigenvalue weighted by atomic mass is 10.1. The molecule has 0 radical (unpaired) electrons. The zero-order chi connectivity index (χ0) is 22.7. The fourth-order valence-corrected chi connectivity index (χ4v) is 4.15. The SMILES string of the molecule is COCCOC(=O)c1sc2nc(/C(Cl)=C/c3ccc(C)c([N+](=O)[O-])c3)[nH]c(=O)c2c1C. The van der Waals surface area contributed by atoms with Gasteiger partial charge in [-0.15, -0.1) is 11.3 Å². The zero-order valence-corrected chi connectivity index (χ0v) is 18.4. The summed E-state index contributed by atoms with van der Waals surface area (Å²) in [4.78, 5) is 43.2. The van der Waals surface area contributed by atoms with E-state index in [1.54, 1.807) is 26.0 Å². The van der Waals surface area contributed by atoms with Gasteiger partial charge in [-0.25, -0.2) is 9.78 Å². The fourth-order valence-electron chi connectivity index (χ4n) is 2.86. The van der Waals surface area contributed by atoms with Crippen LogP contribution in [0.15, 0.2) is 23.0 Å². The molecule has 0 aliphatic heterocycles. The highest BCUT2D eigenvalue weighted by Gasteiger charge is 2.21. The van der Waals surface area contributed by atoms with Crippen molar-refractivity contribution < 1.29 is 19.2 Å². The third-order valence-electron chi connectivity index (χ3n) is 4.46. The summed E-state index contributed by atoms with van der Waals surface area (Å²) in [5, 5.41) is 11.5. The summed E-state index contributed by atoms with van der Waals surface area (Å²) in [6, 6.07) is 4.67. The number of nitro benzene ring substituents is 1. The number of hydrogen-bond acceptors (Lipinski definition) is 8. The highest BCUT2D eigenvalue weighted by molar-refractivity contribution is 7.20. The van der Waals surface area contributed by atoms with E-state index in [4.69, 9.17) is 21.1 Å². The maximum absolute atomic E-state index is 12.6. The molecule has 2 heterocycles. The van der Waals surface area contributed by atoms with Gasteiger partial charge in [0.15, 0.2) is 5.82 Å². The molecule has 0 bridgehead atoms. The van der Waals surface area contributed by atoms with Crippen molar-refractivity contribution in [2.24, 2.45) is 0 Å². The number of aryl methyl sites for hydroxylation is 2. The van der Waals surface area contributed by atoms with Gasteiger partial charge < -0.3 is 14.5 Å². The van der Waals surface area contributed by atoms with Crippen LogP contribution in [-0.4, -0.2) is 41.2 Å². The van der Waals surface area contributed by atoms with E-state index in [-0.39, 0.29) is 40.0 Å². The van der Waals surface area contributed by atoms with Crippen molar-refractivity contribution in [1.29, 1.82) is 0 Å². The molecule has 1 aromatic carbocycles. The summed E-state index contributed by atoms with van der Waals surface area (Å²) in [6.07, 6.45) is 1.47. The van der Waals surface area contributed by atoms with Crippen molar-refractivity contribution >= 4 is 55.9 Å². The maximum Gasteiger partial charge on any atom is 0.348 e. The summed E-state index contributed by atoms with van der Waals surface area (Å²) in [5.41, 5.74) is 0.976. The van der Waals surface area contributed by atoms with Gasteiger partial charge in [0.25, 0.3) is 11.2 Å². The van der Waals surface area contributed by atoms with Crippen molar-refractivity contribution in [2.75, 3.05) is 20.3 Å². The van der Waals surface area contributed by atoms with Crippen molar-refractivity contribution in [2.45, 2.75) is 13.8 Å². The molecule has 2 aromatic heterocycles. The van der Waals surface area contributed by atoms with Crippen LogP contribution in [0.5, 0.6) is 0 Å². The monoisotopic (exact) mass is 463 g/mol. The first-order chi connectivity index (χ1) is 14.7. The third-order valence-corrected chi connectivity index (χ3v) is 5.91. The molecular formula is C20H18ClN3O6S. The summed E-state index contributed by atoms with van der Waals surface area (Å²) < 4.78 is 9.98. The van der Waals surface area contributed by atoms with E-state index in [0.717, 1.165) is 11.3 Å². The van der Waals surface area contributed by atoms with Crippen LogP contribution in [0, 0.1) is 24.0 Å². The number of aromatic amines is 1. The van der Waals surface area contributed by atoms with Gasteiger partial charge in [-0.1, -0.05) is 23.7 Å². The number of esters is 1. The molecule has 11 heteroatoms. The molecule has 3 aromatic rings. The number of thiophene rings is 1. The number of benzene rings is 1. The van der Waals surface area contributed by atoms with Crippen molar-refractivity contribution in [3.05, 3.63) is 66.1 Å². The number of methoxy groups -OCH3 is 1. The molecule has 0 amide bonds. The molecular weight excluding hydrogens is 446 g/mol. The van der Waals surface area contributed by atoms with Crippen LogP contribution in [-0.2, 0) is 9.47 Å². The summed E-state index contributed by atoms with van der Waals surface area (Å²) in [7, 11) is 1.50. The van der Waals surface area contributed by atoms with Gasteiger partial charge in [0.1, 0.15) is 16.3 Å². The first-order valence-electron chi connectivity index (χ1n) is 9.05. The van der Waals surface area contributed by atoms with Crippen LogP contribution >= 0.6 is 22.9 Å². The van der Waals surface area contributed by atoms with E-state index in [2.05, 4.69) is 9.97 Å². The predicted molar refractivity (Wildman–Crippen MR) is 119 cm³/mol. The summed E-state index contributed by atoms with van der Waals surface area (Å²) >= 11 is 7.36. The molecule has 0 saturated carbocycles. The molecule has 0 saturated heterocycles. The van der Waals surface area contributed by atoms with Crippen molar-refractivity contribution in [3.8, 4) is 0 Å². The van der Waals surface area contributed by atoms with E-state index in [1.165, 1.54) is 19.3 Å². The number of H-pyrrole nitrogens is 1. The number of halogens is 1. The Bertz CT molecular complexity index is 1260. The van der Waals surface area contributed by atoms with Gasteiger partial charge in [-0.05, 0) is 31.1 Å². The number of nitrogens with zero attached hydrogens (tertiary/aromatic N) is 2. The largest absolute Gasteiger partial charge is 0.459 e. The quantitative estimate of drug-likeness (QED) is 0.242. The summed E-state index contributed by atoms with van der Waals surface area (Å²) in [6.45, 7) is 3.63. The minimum absolute atomic E-state index is 0.0411. The molecule has 0 atom stereocenters. The Morgan fingerprint density at radius 3 is 2.77 bits per heavy atom. The Morgan fingerprint density at radius 1 is 1.35 bits per heavy atom. The lowest BCUT2D eigenvalue weighted by molar-refractivity contribution is -0.385. The molecule has 0 unspecified atom stereocenters. The van der Waals surface area contributed by atoms with E-state index in [1.807, 2.05) is 0 Å². The smallest absolute Gasteiger partial charge is 0.348 e. The summed E-state index contributed by atoms with van der Waals surface area (Å²) in [5.74, 6) is -0.477. The number of carbonyl (C=O) groups is 1. The number of aromatic nitrogens is 2.